The lowest BCUT2D eigenvalue weighted by Crippen LogP contribution is -2.41. The van der Waals surface area contributed by atoms with Crippen LogP contribution in [-0.2, 0) is 16.1 Å². The van der Waals surface area contributed by atoms with Gasteiger partial charge in [0.2, 0.25) is 0 Å². The number of carbonyl (C=O) groups is 3. The summed E-state index contributed by atoms with van der Waals surface area (Å²) >= 11 is 3.09. The molecule has 2 rings (SSSR count). The van der Waals surface area contributed by atoms with E-state index in [1.165, 1.54) is 12.1 Å². The summed E-state index contributed by atoms with van der Waals surface area (Å²) in [7, 11) is 0. The summed E-state index contributed by atoms with van der Waals surface area (Å²) in [6.45, 7) is -0.420. The summed E-state index contributed by atoms with van der Waals surface area (Å²) < 4.78 is 18.2. The minimum absolute atomic E-state index is 0.0543. The molecule has 2 aromatic rings. The molecule has 8 heteroatoms. The Hall–Kier alpha value is -2.74. The molecule has 0 heterocycles. The van der Waals surface area contributed by atoms with Crippen molar-refractivity contribution in [1.82, 2.24) is 10.6 Å². The second kappa shape index (κ2) is 8.93. The van der Waals surface area contributed by atoms with E-state index in [-0.39, 0.29) is 12.1 Å². The van der Waals surface area contributed by atoms with Crippen molar-refractivity contribution in [2.75, 3.05) is 6.61 Å². The lowest BCUT2D eigenvalue weighted by molar-refractivity contribution is -0.123. The SMILES string of the molecule is O=C(COC(=O)c1cc(F)ccc1Br)NC(=O)NCc1ccccc1. The van der Waals surface area contributed by atoms with E-state index in [4.69, 9.17) is 4.74 Å². The van der Waals surface area contributed by atoms with Gasteiger partial charge in [-0.3, -0.25) is 10.1 Å². The fraction of sp³-hybridized carbons (Fsp3) is 0.118. The zero-order valence-electron chi connectivity index (χ0n) is 12.9. The number of carbonyl (C=O) groups excluding carboxylic acids is 3. The number of amides is 3. The molecule has 0 saturated carbocycles. The Morgan fingerprint density at radius 1 is 1.08 bits per heavy atom. The third-order valence-corrected chi connectivity index (χ3v) is 3.72. The highest BCUT2D eigenvalue weighted by Crippen LogP contribution is 2.18. The van der Waals surface area contributed by atoms with Crippen LogP contribution in [0.25, 0.3) is 0 Å². The van der Waals surface area contributed by atoms with Gasteiger partial charge in [0.25, 0.3) is 5.91 Å². The third kappa shape index (κ3) is 6.00. The second-order valence-corrected chi connectivity index (χ2v) is 5.77. The number of ether oxygens (including phenoxy) is 1. The Morgan fingerprint density at radius 3 is 2.52 bits per heavy atom. The van der Waals surface area contributed by atoms with E-state index >= 15 is 0 Å². The topological polar surface area (TPSA) is 84.5 Å². The number of imide groups is 1. The maximum Gasteiger partial charge on any atom is 0.339 e. The van der Waals surface area contributed by atoms with Crippen LogP contribution in [0.2, 0.25) is 0 Å². The molecule has 130 valence electrons. The molecule has 0 aliphatic carbocycles. The minimum Gasteiger partial charge on any atom is -0.452 e. The predicted octanol–water partition coefficient (Wildman–Crippen LogP) is 2.77. The number of esters is 1. The van der Waals surface area contributed by atoms with E-state index in [0.29, 0.717) is 4.47 Å². The molecule has 0 aromatic heterocycles. The first-order valence-corrected chi connectivity index (χ1v) is 7.99. The molecule has 2 N–H and O–H groups in total. The van der Waals surface area contributed by atoms with Crippen molar-refractivity contribution in [2.24, 2.45) is 0 Å². The lowest BCUT2D eigenvalue weighted by atomic mass is 10.2. The second-order valence-electron chi connectivity index (χ2n) is 4.92. The Balaban J connectivity index is 1.77. The Bertz CT molecular complexity index is 783. The van der Waals surface area contributed by atoms with Gasteiger partial charge in [0, 0.05) is 11.0 Å². The van der Waals surface area contributed by atoms with Crippen LogP contribution in [0.1, 0.15) is 15.9 Å². The molecule has 0 fully saturated rings. The molecule has 0 unspecified atom stereocenters. The largest absolute Gasteiger partial charge is 0.452 e. The van der Waals surface area contributed by atoms with Gasteiger partial charge in [-0.15, -0.1) is 0 Å². The Morgan fingerprint density at radius 2 is 1.80 bits per heavy atom. The smallest absolute Gasteiger partial charge is 0.339 e. The van der Waals surface area contributed by atoms with Crippen molar-refractivity contribution in [1.29, 1.82) is 0 Å². The molecule has 0 aliphatic heterocycles. The van der Waals surface area contributed by atoms with Crippen LogP contribution in [0.5, 0.6) is 0 Å². The third-order valence-electron chi connectivity index (χ3n) is 3.03. The fourth-order valence-electron chi connectivity index (χ4n) is 1.85. The van der Waals surface area contributed by atoms with Crippen LogP contribution in [-0.4, -0.2) is 24.5 Å². The van der Waals surface area contributed by atoms with Gasteiger partial charge in [0.1, 0.15) is 5.82 Å². The van der Waals surface area contributed by atoms with Crippen LogP contribution in [0.15, 0.2) is 53.0 Å². The van der Waals surface area contributed by atoms with Crippen LogP contribution in [0.4, 0.5) is 9.18 Å². The quantitative estimate of drug-likeness (QED) is 0.744. The molecular formula is C17H14BrFN2O4. The highest BCUT2D eigenvalue weighted by Gasteiger charge is 2.15. The zero-order valence-corrected chi connectivity index (χ0v) is 14.5. The van der Waals surface area contributed by atoms with Crippen molar-refractivity contribution in [2.45, 2.75) is 6.54 Å². The van der Waals surface area contributed by atoms with Crippen LogP contribution in [0, 0.1) is 5.82 Å². The average Bonchev–Trinajstić information content (AvgIpc) is 2.61. The number of hydrogen-bond acceptors (Lipinski definition) is 4. The number of urea groups is 1. The van der Waals surface area contributed by atoms with Crippen LogP contribution in [0.3, 0.4) is 0 Å². The van der Waals surface area contributed by atoms with Crippen molar-refractivity contribution in [3.63, 3.8) is 0 Å². The van der Waals surface area contributed by atoms with Gasteiger partial charge in [-0.25, -0.2) is 14.0 Å². The van der Waals surface area contributed by atoms with Gasteiger partial charge in [0.05, 0.1) is 5.56 Å². The van der Waals surface area contributed by atoms with Gasteiger partial charge in [-0.05, 0) is 39.7 Å². The maximum atomic E-state index is 13.1. The van der Waals surface area contributed by atoms with Gasteiger partial charge >= 0.3 is 12.0 Å². The average molecular weight is 409 g/mol. The number of hydrogen-bond donors (Lipinski definition) is 2. The van der Waals surface area contributed by atoms with E-state index in [9.17, 15) is 18.8 Å². The zero-order chi connectivity index (χ0) is 18.2. The molecule has 6 nitrogen and oxygen atoms in total. The molecule has 2 aromatic carbocycles. The highest BCUT2D eigenvalue weighted by molar-refractivity contribution is 9.10. The first-order valence-electron chi connectivity index (χ1n) is 7.19. The van der Waals surface area contributed by atoms with Crippen LogP contribution < -0.4 is 10.6 Å². The lowest BCUT2D eigenvalue weighted by Gasteiger charge is -2.08. The summed E-state index contributed by atoms with van der Waals surface area (Å²) in [4.78, 5) is 35.0. The Labute approximate surface area is 151 Å². The van der Waals surface area contributed by atoms with Gasteiger partial charge in [-0.1, -0.05) is 30.3 Å². The van der Waals surface area contributed by atoms with E-state index in [2.05, 4.69) is 21.2 Å². The normalized spacial score (nSPS) is 10.0. The summed E-state index contributed by atoms with van der Waals surface area (Å²) in [5.74, 6) is -2.29. The maximum absolute atomic E-state index is 13.1. The minimum atomic E-state index is -0.883. The highest BCUT2D eigenvalue weighted by atomic mass is 79.9. The van der Waals surface area contributed by atoms with Crippen molar-refractivity contribution in [3.8, 4) is 0 Å². The molecule has 3 amide bonds. The standard InChI is InChI=1S/C17H14BrFN2O4/c18-14-7-6-12(19)8-13(14)16(23)25-10-15(22)21-17(24)20-9-11-4-2-1-3-5-11/h1-8H,9-10H2,(H2,20,21,22,24). The van der Waals surface area contributed by atoms with E-state index in [1.807, 2.05) is 35.6 Å². The van der Waals surface area contributed by atoms with Crippen molar-refractivity contribution in [3.05, 3.63) is 69.9 Å². The van der Waals surface area contributed by atoms with Crippen molar-refractivity contribution >= 4 is 33.8 Å². The van der Waals surface area contributed by atoms with Crippen LogP contribution >= 0.6 is 15.9 Å². The monoisotopic (exact) mass is 408 g/mol. The molecule has 0 aliphatic rings. The van der Waals surface area contributed by atoms with Gasteiger partial charge in [0.15, 0.2) is 6.61 Å². The number of nitrogens with one attached hydrogen (secondary N) is 2. The van der Waals surface area contributed by atoms with E-state index < -0.39 is 30.3 Å². The number of halogens is 2. The summed E-state index contributed by atoms with van der Waals surface area (Å²) in [5.41, 5.74) is 0.814. The first-order chi connectivity index (χ1) is 12.0. The number of rotatable bonds is 5. The molecule has 0 radical (unpaired) electrons. The molecule has 0 spiro atoms. The van der Waals surface area contributed by atoms with Gasteiger partial charge in [-0.2, -0.15) is 0 Å². The molecule has 0 saturated heterocycles. The van der Waals surface area contributed by atoms with E-state index in [1.54, 1.807) is 0 Å². The van der Waals surface area contributed by atoms with Crippen molar-refractivity contribution < 1.29 is 23.5 Å². The summed E-state index contributed by atoms with van der Waals surface area (Å²) in [6, 6.07) is 11.9. The summed E-state index contributed by atoms with van der Waals surface area (Å²) in [6.07, 6.45) is 0. The first kappa shape index (κ1) is 18.6. The molecule has 0 bridgehead atoms. The number of benzene rings is 2. The molecule has 0 atom stereocenters. The summed E-state index contributed by atoms with van der Waals surface area (Å²) in [5, 5.41) is 4.53. The predicted molar refractivity (Wildman–Crippen MR) is 91.2 cm³/mol. The van der Waals surface area contributed by atoms with E-state index in [0.717, 1.165) is 11.6 Å². The molecule has 25 heavy (non-hydrogen) atoms. The van der Waals surface area contributed by atoms with Gasteiger partial charge < -0.3 is 10.1 Å². The Kier molecular flexibility index (Phi) is 6.64. The molecular weight excluding hydrogens is 395 g/mol. The fourth-order valence-corrected chi connectivity index (χ4v) is 2.26.